The van der Waals surface area contributed by atoms with E-state index >= 15 is 0 Å². The Hall–Kier alpha value is -1.22. The monoisotopic (exact) mass is 251 g/mol. The number of halogens is 1. The number of para-hydroxylation sites is 1. The molecule has 1 saturated carbocycles. The van der Waals surface area contributed by atoms with Crippen LogP contribution >= 0.6 is 11.6 Å². The first kappa shape index (κ1) is 10.9. The molecule has 3 rings (SSSR count). The van der Waals surface area contributed by atoms with Crippen molar-refractivity contribution in [2.75, 3.05) is 5.88 Å². The first-order valence-electron chi connectivity index (χ1n) is 5.85. The Bertz CT molecular complexity index is 431. The number of carbonyl (C=O) groups excluding carboxylic acids is 1. The third-order valence-electron chi connectivity index (χ3n) is 3.44. The van der Waals surface area contributed by atoms with Gasteiger partial charge in [0.25, 0.3) is 5.91 Å². The van der Waals surface area contributed by atoms with Crippen LogP contribution in [0.5, 0.6) is 5.75 Å². The highest BCUT2D eigenvalue weighted by Gasteiger charge is 2.45. The minimum Gasteiger partial charge on any atom is -0.480 e. The molecular weight excluding hydrogens is 238 g/mol. The third-order valence-corrected chi connectivity index (χ3v) is 3.95. The number of alkyl halides is 1. The summed E-state index contributed by atoms with van der Waals surface area (Å²) in [6.07, 6.45) is 2.21. The second-order valence-corrected chi connectivity index (χ2v) is 5.09. The highest BCUT2D eigenvalue weighted by molar-refractivity contribution is 6.19. The molecule has 4 heteroatoms. The fourth-order valence-corrected chi connectivity index (χ4v) is 2.45. The predicted octanol–water partition coefficient (Wildman–Crippen LogP) is 1.88. The lowest BCUT2D eigenvalue weighted by molar-refractivity contribution is -0.128. The lowest BCUT2D eigenvalue weighted by Crippen LogP contribution is -2.45. The molecule has 0 radical (unpaired) electrons. The minimum absolute atomic E-state index is 0.0423. The van der Waals surface area contributed by atoms with Crippen molar-refractivity contribution in [2.24, 2.45) is 0 Å². The standard InChI is InChI=1S/C13H14ClNO2/c14-8-13(5-6-13)15-12(16)11-7-9-3-1-2-4-10(9)17-11/h1-4,11H,5-8H2,(H,15,16). The van der Waals surface area contributed by atoms with Gasteiger partial charge in [0.1, 0.15) is 5.75 Å². The highest BCUT2D eigenvalue weighted by atomic mass is 35.5. The molecule has 1 aliphatic carbocycles. The zero-order valence-corrected chi connectivity index (χ0v) is 10.2. The molecule has 17 heavy (non-hydrogen) atoms. The van der Waals surface area contributed by atoms with Crippen LogP contribution in [0, 0.1) is 0 Å². The van der Waals surface area contributed by atoms with E-state index in [2.05, 4.69) is 5.32 Å². The summed E-state index contributed by atoms with van der Waals surface area (Å²) in [5.74, 6) is 1.26. The van der Waals surface area contributed by atoms with Gasteiger partial charge in [0.05, 0.1) is 5.54 Å². The molecule has 1 amide bonds. The van der Waals surface area contributed by atoms with Crippen LogP contribution in [0.25, 0.3) is 0 Å². The van der Waals surface area contributed by atoms with Gasteiger partial charge in [0, 0.05) is 12.3 Å². The summed E-state index contributed by atoms with van der Waals surface area (Å²) >= 11 is 5.84. The molecule has 0 spiro atoms. The van der Waals surface area contributed by atoms with E-state index in [-0.39, 0.29) is 11.4 Å². The number of ether oxygens (including phenoxy) is 1. The number of carbonyl (C=O) groups is 1. The summed E-state index contributed by atoms with van der Waals surface area (Å²) in [7, 11) is 0. The second-order valence-electron chi connectivity index (χ2n) is 4.82. The lowest BCUT2D eigenvalue weighted by Gasteiger charge is -2.17. The molecule has 1 aliphatic heterocycles. The maximum Gasteiger partial charge on any atom is 0.261 e. The Balaban J connectivity index is 1.66. The topological polar surface area (TPSA) is 38.3 Å². The zero-order valence-electron chi connectivity index (χ0n) is 9.41. The number of amides is 1. The Labute approximate surface area is 105 Å². The smallest absolute Gasteiger partial charge is 0.261 e. The predicted molar refractivity (Wildman–Crippen MR) is 65.4 cm³/mol. The number of hydrogen-bond donors (Lipinski definition) is 1. The minimum atomic E-state index is -0.395. The molecule has 1 heterocycles. The SMILES string of the molecule is O=C(NC1(CCl)CC1)C1Cc2ccccc2O1. The van der Waals surface area contributed by atoms with Crippen LogP contribution in [0.1, 0.15) is 18.4 Å². The van der Waals surface area contributed by atoms with Crippen molar-refractivity contribution in [3.05, 3.63) is 29.8 Å². The van der Waals surface area contributed by atoms with E-state index in [9.17, 15) is 4.79 Å². The average molecular weight is 252 g/mol. The van der Waals surface area contributed by atoms with Crippen LogP contribution in [0.2, 0.25) is 0 Å². The van der Waals surface area contributed by atoms with E-state index in [4.69, 9.17) is 16.3 Å². The number of benzene rings is 1. The first-order chi connectivity index (χ1) is 8.22. The van der Waals surface area contributed by atoms with E-state index in [0.717, 1.165) is 24.2 Å². The van der Waals surface area contributed by atoms with Gasteiger partial charge in [0.15, 0.2) is 6.10 Å². The molecule has 0 bridgehead atoms. The Kier molecular flexibility index (Phi) is 2.51. The van der Waals surface area contributed by atoms with E-state index < -0.39 is 6.10 Å². The van der Waals surface area contributed by atoms with Gasteiger partial charge in [0.2, 0.25) is 0 Å². The summed E-state index contributed by atoms with van der Waals surface area (Å²) in [6, 6.07) is 7.78. The number of rotatable bonds is 3. The Morgan fingerprint density at radius 2 is 2.24 bits per heavy atom. The van der Waals surface area contributed by atoms with Crippen LogP contribution in [0.3, 0.4) is 0 Å². The molecular formula is C13H14ClNO2. The van der Waals surface area contributed by atoms with Crippen LogP contribution in [-0.2, 0) is 11.2 Å². The summed E-state index contributed by atoms with van der Waals surface area (Å²) in [5, 5.41) is 3.00. The second kappa shape index (κ2) is 3.91. The van der Waals surface area contributed by atoms with Gasteiger partial charge in [-0.15, -0.1) is 11.6 Å². The molecule has 90 valence electrons. The Morgan fingerprint density at radius 1 is 1.47 bits per heavy atom. The van der Waals surface area contributed by atoms with Crippen LogP contribution in [0.4, 0.5) is 0 Å². The number of fused-ring (bicyclic) bond motifs is 1. The largest absolute Gasteiger partial charge is 0.480 e. The van der Waals surface area contributed by atoms with Crippen molar-refractivity contribution in [2.45, 2.75) is 30.9 Å². The third kappa shape index (κ3) is 2.00. The number of nitrogens with one attached hydrogen (secondary N) is 1. The maximum absolute atomic E-state index is 12.0. The Morgan fingerprint density at radius 3 is 2.88 bits per heavy atom. The van der Waals surface area contributed by atoms with Crippen molar-refractivity contribution in [1.82, 2.24) is 5.32 Å². The zero-order chi connectivity index (χ0) is 11.9. The van der Waals surface area contributed by atoms with Crippen molar-refractivity contribution in [3.63, 3.8) is 0 Å². The summed E-state index contributed by atoms with van der Waals surface area (Å²) < 4.78 is 5.63. The lowest BCUT2D eigenvalue weighted by atomic mass is 10.1. The summed E-state index contributed by atoms with van der Waals surface area (Å²) in [6.45, 7) is 0. The highest BCUT2D eigenvalue weighted by Crippen LogP contribution is 2.37. The van der Waals surface area contributed by atoms with Gasteiger partial charge >= 0.3 is 0 Å². The molecule has 1 aromatic carbocycles. The summed E-state index contributed by atoms with van der Waals surface area (Å²) in [4.78, 5) is 12.0. The van der Waals surface area contributed by atoms with Crippen LogP contribution in [0.15, 0.2) is 24.3 Å². The fourth-order valence-electron chi connectivity index (χ4n) is 2.11. The van der Waals surface area contributed by atoms with Crippen molar-refractivity contribution in [1.29, 1.82) is 0 Å². The van der Waals surface area contributed by atoms with E-state index in [1.165, 1.54) is 0 Å². The average Bonchev–Trinajstić information content (AvgIpc) is 2.98. The van der Waals surface area contributed by atoms with Crippen LogP contribution in [-0.4, -0.2) is 23.4 Å². The molecule has 1 fully saturated rings. The quantitative estimate of drug-likeness (QED) is 0.833. The normalized spacial score (nSPS) is 23.7. The van der Waals surface area contributed by atoms with E-state index in [1.54, 1.807) is 0 Å². The van der Waals surface area contributed by atoms with Crippen molar-refractivity contribution in [3.8, 4) is 5.75 Å². The van der Waals surface area contributed by atoms with Gasteiger partial charge in [-0.05, 0) is 24.5 Å². The molecule has 3 nitrogen and oxygen atoms in total. The number of hydrogen-bond acceptors (Lipinski definition) is 2. The van der Waals surface area contributed by atoms with Gasteiger partial charge < -0.3 is 10.1 Å². The summed E-state index contributed by atoms with van der Waals surface area (Å²) in [5.41, 5.74) is 0.944. The molecule has 0 saturated heterocycles. The van der Waals surface area contributed by atoms with E-state index in [0.29, 0.717) is 12.3 Å². The maximum atomic E-state index is 12.0. The van der Waals surface area contributed by atoms with Crippen molar-refractivity contribution >= 4 is 17.5 Å². The van der Waals surface area contributed by atoms with Crippen molar-refractivity contribution < 1.29 is 9.53 Å². The molecule has 0 aromatic heterocycles. The van der Waals surface area contributed by atoms with Gasteiger partial charge in [-0.3, -0.25) is 4.79 Å². The molecule has 1 unspecified atom stereocenters. The molecule has 1 aromatic rings. The first-order valence-corrected chi connectivity index (χ1v) is 6.38. The van der Waals surface area contributed by atoms with Gasteiger partial charge in [-0.2, -0.15) is 0 Å². The molecule has 1 N–H and O–H groups in total. The fraction of sp³-hybridized carbons (Fsp3) is 0.462. The van der Waals surface area contributed by atoms with Crippen LogP contribution < -0.4 is 10.1 Å². The molecule has 2 aliphatic rings. The van der Waals surface area contributed by atoms with E-state index in [1.807, 2.05) is 24.3 Å². The molecule has 1 atom stereocenters. The van der Waals surface area contributed by atoms with Gasteiger partial charge in [-0.25, -0.2) is 0 Å². The van der Waals surface area contributed by atoms with Gasteiger partial charge in [-0.1, -0.05) is 18.2 Å².